The van der Waals surface area contributed by atoms with Crippen molar-refractivity contribution in [1.29, 1.82) is 0 Å². The maximum absolute atomic E-state index is 12.0. The summed E-state index contributed by atoms with van der Waals surface area (Å²) in [6.07, 6.45) is -3.01. The van der Waals surface area contributed by atoms with Crippen LogP contribution in [0.25, 0.3) is 0 Å². The fourth-order valence-corrected chi connectivity index (χ4v) is 2.06. The number of thiol groups is 1. The third kappa shape index (κ3) is 11.9. The number of carbonyl (C=O) groups is 1. The zero-order valence-electron chi connectivity index (χ0n) is 15.1. The lowest BCUT2D eigenvalue weighted by atomic mass is 10.1. The van der Waals surface area contributed by atoms with Crippen LogP contribution in [0.4, 0.5) is 23.7 Å². The van der Waals surface area contributed by atoms with Crippen LogP contribution in [0.2, 0.25) is 0 Å². The summed E-state index contributed by atoms with van der Waals surface area (Å²) in [5.41, 5.74) is 0.399. The molecule has 5 nitrogen and oxygen atoms in total. The van der Waals surface area contributed by atoms with E-state index in [4.69, 9.17) is 0 Å². The van der Waals surface area contributed by atoms with Crippen LogP contribution in [-0.4, -0.2) is 36.3 Å². The average molecular weight is 393 g/mol. The number of anilines is 1. The number of carbonyl (C=O) groups excluding carboxylic acids is 1. The van der Waals surface area contributed by atoms with Crippen molar-refractivity contribution in [2.24, 2.45) is 0 Å². The lowest BCUT2D eigenvalue weighted by Gasteiger charge is -2.23. The highest BCUT2D eigenvalue weighted by atomic mass is 32.1. The Hall–Kier alpha value is -1.61. The Morgan fingerprint density at radius 2 is 1.65 bits per heavy atom. The zero-order valence-corrected chi connectivity index (χ0v) is 16.0. The number of hydrogen-bond donors (Lipinski definition) is 4. The van der Waals surface area contributed by atoms with E-state index in [1.54, 1.807) is 0 Å². The van der Waals surface area contributed by atoms with E-state index >= 15 is 0 Å². The number of urea groups is 1. The predicted octanol–water partition coefficient (Wildman–Crippen LogP) is 4.17. The Morgan fingerprint density at radius 3 is 2.12 bits per heavy atom. The van der Waals surface area contributed by atoms with E-state index in [0.717, 1.165) is 38.1 Å². The van der Waals surface area contributed by atoms with Crippen molar-refractivity contribution in [3.63, 3.8) is 0 Å². The fourth-order valence-electron chi connectivity index (χ4n) is 2.06. The van der Waals surface area contributed by atoms with Gasteiger partial charge in [-0.25, -0.2) is 4.79 Å². The molecule has 0 aromatic heterocycles. The van der Waals surface area contributed by atoms with Crippen LogP contribution in [0.5, 0.6) is 5.75 Å². The summed E-state index contributed by atoms with van der Waals surface area (Å²) in [5.74, 6) is -0.327. The van der Waals surface area contributed by atoms with Crippen LogP contribution < -0.4 is 20.7 Å². The number of rotatable bonds is 3. The topological polar surface area (TPSA) is 62.4 Å². The van der Waals surface area contributed by atoms with Crippen LogP contribution in [0.15, 0.2) is 24.3 Å². The molecule has 0 bridgehead atoms. The van der Waals surface area contributed by atoms with Crippen LogP contribution >= 0.6 is 12.6 Å². The highest BCUT2D eigenvalue weighted by molar-refractivity contribution is 7.81. The number of nitrogens with one attached hydrogen (secondary N) is 3. The first-order valence-corrected chi connectivity index (χ1v) is 8.73. The first-order valence-electron chi connectivity index (χ1n) is 8.29. The number of benzene rings is 1. The second-order valence-electron chi connectivity index (χ2n) is 6.87. The molecule has 0 radical (unpaired) electrons. The van der Waals surface area contributed by atoms with Gasteiger partial charge in [-0.1, -0.05) is 20.8 Å². The molecule has 1 heterocycles. The third-order valence-electron chi connectivity index (χ3n) is 3.02. The molecular formula is C17H26F3N3O2S. The first kappa shape index (κ1) is 22.4. The predicted molar refractivity (Wildman–Crippen MR) is 99.9 cm³/mol. The number of amides is 2. The molecule has 3 N–H and O–H groups in total. The van der Waals surface area contributed by atoms with Crippen LogP contribution in [0.3, 0.4) is 0 Å². The number of piperidine rings is 1. The summed E-state index contributed by atoms with van der Waals surface area (Å²) in [5, 5.41) is 8.58. The average Bonchev–Trinajstić information content (AvgIpc) is 2.47. The van der Waals surface area contributed by atoms with E-state index in [1.807, 2.05) is 0 Å². The van der Waals surface area contributed by atoms with Crippen molar-refractivity contribution in [2.75, 3.05) is 18.4 Å². The molecule has 2 rings (SSSR count). The number of alkyl halides is 3. The molecule has 9 heteroatoms. The molecule has 0 unspecified atom stereocenters. The second kappa shape index (κ2) is 9.91. The van der Waals surface area contributed by atoms with Crippen LogP contribution in [0, 0.1) is 0 Å². The summed E-state index contributed by atoms with van der Waals surface area (Å²) in [6, 6.07) is 4.73. The van der Waals surface area contributed by atoms with Crippen molar-refractivity contribution >= 4 is 24.3 Å². The second-order valence-corrected chi connectivity index (χ2v) is 8.21. The van der Waals surface area contributed by atoms with Gasteiger partial charge in [0, 0.05) is 16.5 Å². The standard InChI is InChI=1S/C13H16F3N3O2.C4H10S/c14-13(15,16)21-11-3-1-9(2-4-11)18-12(20)19-10-5-7-17-8-6-10;1-4(2,3)5/h1-4,10,17H,5-8H2,(H2,18,19,20);5H,1-3H3. The third-order valence-corrected chi connectivity index (χ3v) is 3.02. The van der Waals surface area contributed by atoms with Gasteiger partial charge in [-0.2, -0.15) is 12.6 Å². The van der Waals surface area contributed by atoms with Gasteiger partial charge in [-0.05, 0) is 50.2 Å². The Kier molecular flexibility index (Phi) is 8.55. The maximum atomic E-state index is 12.0. The summed E-state index contributed by atoms with van der Waals surface area (Å²) >= 11 is 4.12. The Balaban J connectivity index is 0.000000597. The van der Waals surface area contributed by atoms with Gasteiger partial charge in [0.2, 0.25) is 0 Å². The molecule has 1 aromatic carbocycles. The zero-order chi connectivity index (χ0) is 19.8. The van der Waals surface area contributed by atoms with Gasteiger partial charge in [0.25, 0.3) is 0 Å². The lowest BCUT2D eigenvalue weighted by Crippen LogP contribution is -2.44. The molecular weight excluding hydrogens is 367 g/mol. The molecule has 1 fully saturated rings. The minimum atomic E-state index is -4.72. The molecule has 1 aliphatic rings. The smallest absolute Gasteiger partial charge is 0.406 e. The quantitative estimate of drug-likeness (QED) is 0.583. The molecule has 0 spiro atoms. The molecule has 2 amide bonds. The molecule has 0 atom stereocenters. The fraction of sp³-hybridized carbons (Fsp3) is 0.588. The molecule has 1 saturated heterocycles. The number of halogens is 3. The Morgan fingerprint density at radius 1 is 1.15 bits per heavy atom. The molecule has 1 aliphatic heterocycles. The molecule has 148 valence electrons. The van der Waals surface area contributed by atoms with E-state index in [2.05, 4.69) is 54.1 Å². The summed E-state index contributed by atoms with van der Waals surface area (Å²) in [7, 11) is 0. The van der Waals surface area contributed by atoms with E-state index in [0.29, 0.717) is 5.69 Å². The van der Waals surface area contributed by atoms with Crippen molar-refractivity contribution in [3.05, 3.63) is 24.3 Å². The maximum Gasteiger partial charge on any atom is 0.573 e. The monoisotopic (exact) mass is 393 g/mol. The molecule has 0 aliphatic carbocycles. The molecule has 26 heavy (non-hydrogen) atoms. The number of hydrogen-bond acceptors (Lipinski definition) is 4. The summed E-state index contributed by atoms with van der Waals surface area (Å²) in [6.45, 7) is 7.87. The first-order chi connectivity index (χ1) is 11.9. The SMILES string of the molecule is CC(C)(C)S.O=C(Nc1ccc(OC(F)(F)F)cc1)NC1CCNCC1. The lowest BCUT2D eigenvalue weighted by molar-refractivity contribution is -0.274. The van der Waals surface area contributed by atoms with Crippen molar-refractivity contribution in [3.8, 4) is 5.75 Å². The van der Waals surface area contributed by atoms with E-state index in [-0.39, 0.29) is 22.6 Å². The van der Waals surface area contributed by atoms with Gasteiger partial charge in [0.15, 0.2) is 0 Å². The highest BCUT2D eigenvalue weighted by Crippen LogP contribution is 2.23. The van der Waals surface area contributed by atoms with Gasteiger partial charge < -0.3 is 20.7 Å². The molecule has 0 saturated carbocycles. The van der Waals surface area contributed by atoms with Crippen LogP contribution in [-0.2, 0) is 0 Å². The largest absolute Gasteiger partial charge is 0.573 e. The van der Waals surface area contributed by atoms with Gasteiger partial charge in [0.05, 0.1) is 0 Å². The van der Waals surface area contributed by atoms with Gasteiger partial charge in [-0.15, -0.1) is 13.2 Å². The normalized spacial score (nSPS) is 15.5. The van der Waals surface area contributed by atoms with E-state index < -0.39 is 6.36 Å². The summed E-state index contributed by atoms with van der Waals surface area (Å²) in [4.78, 5) is 11.7. The summed E-state index contributed by atoms with van der Waals surface area (Å²) < 4.78 is 40.0. The van der Waals surface area contributed by atoms with E-state index in [9.17, 15) is 18.0 Å². The Bertz CT molecular complexity index is 548. The van der Waals surface area contributed by atoms with Crippen LogP contribution in [0.1, 0.15) is 33.6 Å². The highest BCUT2D eigenvalue weighted by Gasteiger charge is 2.30. The van der Waals surface area contributed by atoms with Gasteiger partial charge in [0.1, 0.15) is 5.75 Å². The van der Waals surface area contributed by atoms with Crippen molar-refractivity contribution in [1.82, 2.24) is 10.6 Å². The van der Waals surface area contributed by atoms with Crippen molar-refractivity contribution in [2.45, 2.75) is 50.8 Å². The van der Waals surface area contributed by atoms with Crippen molar-refractivity contribution < 1.29 is 22.7 Å². The van der Waals surface area contributed by atoms with Gasteiger partial charge >= 0.3 is 12.4 Å². The van der Waals surface area contributed by atoms with E-state index in [1.165, 1.54) is 12.1 Å². The Labute approximate surface area is 157 Å². The minimum absolute atomic E-state index is 0.110. The number of ether oxygens (including phenoxy) is 1. The minimum Gasteiger partial charge on any atom is -0.406 e. The van der Waals surface area contributed by atoms with Gasteiger partial charge in [-0.3, -0.25) is 0 Å². The molecule has 1 aromatic rings.